The van der Waals surface area contributed by atoms with Crippen molar-refractivity contribution >= 4 is 29.1 Å². The van der Waals surface area contributed by atoms with Gasteiger partial charge in [0.25, 0.3) is 0 Å². The van der Waals surface area contributed by atoms with Crippen molar-refractivity contribution in [1.29, 1.82) is 0 Å². The highest BCUT2D eigenvalue weighted by molar-refractivity contribution is 8.15. The molecule has 3 rings (SSSR count). The van der Waals surface area contributed by atoms with Gasteiger partial charge in [-0.15, -0.1) is 5.10 Å². The topological polar surface area (TPSA) is 72.3 Å². The second-order valence-corrected chi connectivity index (χ2v) is 6.25. The van der Waals surface area contributed by atoms with Gasteiger partial charge in [-0.05, 0) is 17.7 Å². The van der Waals surface area contributed by atoms with Gasteiger partial charge in [0.1, 0.15) is 16.7 Å². The number of amidine groups is 1. The van der Waals surface area contributed by atoms with E-state index in [-0.39, 0.29) is 11.2 Å². The number of nitrogens with zero attached hydrogens (tertiary/aromatic N) is 2. The number of nitrogens with one attached hydrogen (secondary N) is 1. The molecule has 0 aromatic heterocycles. The summed E-state index contributed by atoms with van der Waals surface area (Å²) in [5.41, 5.74) is 1.71. The first-order chi connectivity index (χ1) is 12.2. The lowest BCUT2D eigenvalue weighted by Gasteiger charge is -2.06. The van der Waals surface area contributed by atoms with Crippen LogP contribution in [0.5, 0.6) is 11.5 Å². The maximum atomic E-state index is 12.1. The Morgan fingerprint density at radius 3 is 2.64 bits per heavy atom. The molecule has 0 radical (unpaired) electrons. The van der Waals surface area contributed by atoms with Gasteiger partial charge in [0.2, 0.25) is 5.91 Å². The minimum atomic E-state index is -0.300. The highest BCUT2D eigenvalue weighted by Gasteiger charge is 2.31. The molecular formula is C18H17N3O3S. The number of benzene rings is 2. The summed E-state index contributed by atoms with van der Waals surface area (Å²) in [5, 5.41) is 11.1. The molecule has 1 unspecified atom stereocenters. The van der Waals surface area contributed by atoms with Crippen LogP contribution in [0.15, 0.2) is 58.7 Å². The van der Waals surface area contributed by atoms with Crippen LogP contribution in [0.4, 0.5) is 0 Å². The molecule has 0 saturated carbocycles. The largest absolute Gasteiger partial charge is 0.497 e. The zero-order chi connectivity index (χ0) is 17.6. The van der Waals surface area contributed by atoms with E-state index >= 15 is 0 Å². The number of amides is 1. The lowest BCUT2D eigenvalue weighted by molar-refractivity contribution is -0.118. The van der Waals surface area contributed by atoms with E-state index in [1.165, 1.54) is 11.8 Å². The third-order valence-corrected chi connectivity index (χ3v) is 4.72. The lowest BCUT2D eigenvalue weighted by atomic mass is 10.1. The molecule has 7 heteroatoms. The summed E-state index contributed by atoms with van der Waals surface area (Å²) in [6.45, 7) is 0. The normalized spacial score (nSPS) is 18.6. The van der Waals surface area contributed by atoms with Crippen LogP contribution in [0.1, 0.15) is 16.4 Å². The molecule has 1 aliphatic heterocycles. The zero-order valence-electron chi connectivity index (χ0n) is 13.8. The van der Waals surface area contributed by atoms with Crippen LogP contribution in [0.3, 0.4) is 0 Å². The first-order valence-electron chi connectivity index (χ1n) is 7.57. The minimum absolute atomic E-state index is 0.0906. The Hall–Kier alpha value is -2.80. The van der Waals surface area contributed by atoms with Gasteiger partial charge in [0.15, 0.2) is 5.17 Å². The molecule has 128 valence electrons. The predicted octanol–water partition coefficient (Wildman–Crippen LogP) is 3.00. The molecule has 2 aromatic rings. The molecule has 1 N–H and O–H groups in total. The summed E-state index contributed by atoms with van der Waals surface area (Å²) in [6.07, 6.45) is 1.58. The number of carbonyl (C=O) groups excluding carboxylic acids is 1. The monoisotopic (exact) mass is 355 g/mol. The highest BCUT2D eigenvalue weighted by atomic mass is 32.2. The summed E-state index contributed by atoms with van der Waals surface area (Å²) in [4.78, 5) is 12.1. The van der Waals surface area contributed by atoms with Gasteiger partial charge >= 0.3 is 0 Å². The van der Waals surface area contributed by atoms with Crippen LogP contribution in [-0.4, -0.2) is 31.5 Å². The fourth-order valence-corrected chi connectivity index (χ4v) is 3.27. The van der Waals surface area contributed by atoms with Gasteiger partial charge < -0.3 is 14.8 Å². The molecule has 0 bridgehead atoms. The van der Waals surface area contributed by atoms with Crippen molar-refractivity contribution in [3.05, 3.63) is 59.7 Å². The molecule has 1 fully saturated rings. The molecule has 0 spiro atoms. The number of methoxy groups -OCH3 is 2. The first kappa shape index (κ1) is 17.0. The molecule has 1 atom stereocenters. The first-order valence-corrected chi connectivity index (χ1v) is 8.44. The van der Waals surface area contributed by atoms with Crippen molar-refractivity contribution in [2.24, 2.45) is 10.2 Å². The number of hydrogen-bond acceptors (Lipinski definition) is 6. The third kappa shape index (κ3) is 4.00. The van der Waals surface area contributed by atoms with Gasteiger partial charge in [0.05, 0.1) is 20.4 Å². The number of thioether (sulfide) groups is 1. The third-order valence-electron chi connectivity index (χ3n) is 3.59. The van der Waals surface area contributed by atoms with Crippen LogP contribution in [-0.2, 0) is 4.79 Å². The van der Waals surface area contributed by atoms with E-state index < -0.39 is 0 Å². The Bertz CT molecular complexity index is 822. The summed E-state index contributed by atoms with van der Waals surface area (Å²) in [6, 6.07) is 15.0. The second-order valence-electron chi connectivity index (χ2n) is 5.16. The molecule has 25 heavy (non-hydrogen) atoms. The highest BCUT2D eigenvalue weighted by Crippen LogP contribution is 2.34. The molecule has 2 aromatic carbocycles. The Balaban J connectivity index is 1.72. The van der Waals surface area contributed by atoms with Crippen LogP contribution in [0.2, 0.25) is 0 Å². The van der Waals surface area contributed by atoms with E-state index in [9.17, 15) is 4.79 Å². The number of rotatable bonds is 5. The van der Waals surface area contributed by atoms with Crippen LogP contribution >= 0.6 is 11.8 Å². The van der Waals surface area contributed by atoms with Crippen molar-refractivity contribution < 1.29 is 14.3 Å². The fraction of sp³-hybridized carbons (Fsp3) is 0.167. The number of carbonyl (C=O) groups is 1. The molecular weight excluding hydrogens is 338 g/mol. The Kier molecular flexibility index (Phi) is 5.35. The minimum Gasteiger partial charge on any atom is -0.497 e. The van der Waals surface area contributed by atoms with Crippen molar-refractivity contribution in [1.82, 2.24) is 5.32 Å². The Labute approximate surface area is 149 Å². The predicted molar refractivity (Wildman–Crippen MR) is 99.5 cm³/mol. The van der Waals surface area contributed by atoms with Crippen molar-refractivity contribution in [3.63, 3.8) is 0 Å². The molecule has 1 saturated heterocycles. The molecule has 6 nitrogen and oxygen atoms in total. The average molecular weight is 355 g/mol. The summed E-state index contributed by atoms with van der Waals surface area (Å²) < 4.78 is 10.5. The SMILES string of the molecule is COc1ccc(/C=N\N=C2/NC(=O)C(c3ccccc3)S2)c(OC)c1. The van der Waals surface area contributed by atoms with E-state index in [0.717, 1.165) is 11.1 Å². The summed E-state index contributed by atoms with van der Waals surface area (Å²) >= 11 is 1.35. The summed E-state index contributed by atoms with van der Waals surface area (Å²) in [5.74, 6) is 1.24. The van der Waals surface area contributed by atoms with Crippen molar-refractivity contribution in [2.45, 2.75) is 5.25 Å². The zero-order valence-corrected chi connectivity index (χ0v) is 14.6. The number of ether oxygens (including phenoxy) is 2. The smallest absolute Gasteiger partial charge is 0.244 e. The standard InChI is InChI=1S/C18H17N3O3S/c1-23-14-9-8-13(15(10-14)24-2)11-19-21-18-20-17(22)16(25-18)12-6-4-3-5-7-12/h3-11,16H,1-2H3,(H,20,21,22)/b19-11-. The van der Waals surface area contributed by atoms with Gasteiger partial charge in [-0.3, -0.25) is 4.79 Å². The lowest BCUT2D eigenvalue weighted by Crippen LogP contribution is -2.21. The maximum absolute atomic E-state index is 12.1. The molecule has 0 aliphatic carbocycles. The maximum Gasteiger partial charge on any atom is 0.244 e. The Morgan fingerprint density at radius 1 is 1.12 bits per heavy atom. The van der Waals surface area contributed by atoms with E-state index in [1.807, 2.05) is 42.5 Å². The molecule has 1 aliphatic rings. The van der Waals surface area contributed by atoms with E-state index in [0.29, 0.717) is 16.7 Å². The average Bonchev–Trinajstić information content (AvgIpc) is 3.03. The van der Waals surface area contributed by atoms with Crippen LogP contribution in [0.25, 0.3) is 0 Å². The van der Waals surface area contributed by atoms with Gasteiger partial charge in [-0.25, -0.2) is 0 Å². The van der Waals surface area contributed by atoms with Gasteiger partial charge in [0, 0.05) is 11.6 Å². The molecule has 1 amide bonds. The van der Waals surface area contributed by atoms with E-state index in [4.69, 9.17) is 9.47 Å². The number of hydrogen-bond donors (Lipinski definition) is 1. The van der Waals surface area contributed by atoms with Gasteiger partial charge in [-0.1, -0.05) is 42.1 Å². The van der Waals surface area contributed by atoms with Crippen molar-refractivity contribution in [3.8, 4) is 11.5 Å². The second kappa shape index (κ2) is 7.85. The van der Waals surface area contributed by atoms with Crippen LogP contribution < -0.4 is 14.8 Å². The van der Waals surface area contributed by atoms with E-state index in [2.05, 4.69) is 15.5 Å². The Morgan fingerprint density at radius 2 is 1.92 bits per heavy atom. The molecule has 1 heterocycles. The van der Waals surface area contributed by atoms with Crippen molar-refractivity contribution in [2.75, 3.05) is 14.2 Å². The van der Waals surface area contributed by atoms with Crippen LogP contribution in [0, 0.1) is 0 Å². The fourth-order valence-electron chi connectivity index (χ4n) is 2.33. The van der Waals surface area contributed by atoms with Gasteiger partial charge in [-0.2, -0.15) is 5.10 Å². The van der Waals surface area contributed by atoms with E-state index in [1.54, 1.807) is 26.5 Å². The summed E-state index contributed by atoms with van der Waals surface area (Å²) in [7, 11) is 3.17. The quantitative estimate of drug-likeness (QED) is 0.661.